The van der Waals surface area contributed by atoms with Gasteiger partial charge in [0, 0.05) is 43.1 Å². The van der Waals surface area contributed by atoms with E-state index in [4.69, 9.17) is 0 Å². The third-order valence-corrected chi connectivity index (χ3v) is 5.21. The molecule has 1 fully saturated rings. The number of carbonyl (C=O) groups excluding carboxylic acids is 2. The van der Waals surface area contributed by atoms with Gasteiger partial charge in [-0.3, -0.25) is 4.79 Å². The van der Waals surface area contributed by atoms with Gasteiger partial charge >= 0.3 is 6.03 Å². The van der Waals surface area contributed by atoms with Crippen LogP contribution in [0.25, 0.3) is 0 Å². The lowest BCUT2D eigenvalue weighted by Crippen LogP contribution is -2.50. The van der Waals surface area contributed by atoms with Crippen molar-refractivity contribution in [3.8, 4) is 0 Å². The number of nitrogens with one attached hydrogen (secondary N) is 1. The molecule has 5 nitrogen and oxygen atoms in total. The first kappa shape index (κ1) is 19.9. The predicted octanol–water partition coefficient (Wildman–Crippen LogP) is 4.54. The maximum Gasteiger partial charge on any atom is 0.321 e. The smallest absolute Gasteiger partial charge is 0.321 e. The summed E-state index contributed by atoms with van der Waals surface area (Å²) in [4.78, 5) is 28.0. The minimum atomic E-state index is -0.0988. The Morgan fingerprint density at radius 2 is 1.43 bits per heavy atom. The van der Waals surface area contributed by atoms with Crippen molar-refractivity contribution in [2.45, 2.75) is 33.1 Å². The Labute approximate surface area is 167 Å². The molecule has 1 saturated heterocycles. The van der Waals surface area contributed by atoms with E-state index in [0.717, 1.165) is 13.1 Å². The van der Waals surface area contributed by atoms with Gasteiger partial charge in [0.1, 0.15) is 0 Å². The molecule has 0 atom stereocenters. The minimum Gasteiger partial charge on any atom is -0.368 e. The fraction of sp³-hybridized carbons (Fsp3) is 0.391. The van der Waals surface area contributed by atoms with Crippen LogP contribution >= 0.6 is 0 Å². The number of rotatable bonds is 3. The molecule has 0 spiro atoms. The zero-order valence-electron chi connectivity index (χ0n) is 17.2. The molecule has 0 aliphatic carbocycles. The highest BCUT2D eigenvalue weighted by Crippen LogP contribution is 2.25. The molecule has 1 aliphatic rings. The summed E-state index contributed by atoms with van der Waals surface area (Å²) in [6.45, 7) is 11.2. The summed E-state index contributed by atoms with van der Waals surface area (Å²) in [5.41, 5.74) is 4.02. The highest BCUT2D eigenvalue weighted by molar-refractivity contribution is 5.95. The molecule has 2 amide bonds. The predicted molar refractivity (Wildman–Crippen MR) is 114 cm³/mol. The van der Waals surface area contributed by atoms with Crippen LogP contribution in [-0.4, -0.2) is 42.9 Å². The van der Waals surface area contributed by atoms with E-state index in [1.54, 1.807) is 24.3 Å². The quantitative estimate of drug-likeness (QED) is 0.797. The molecule has 0 bridgehead atoms. The van der Waals surface area contributed by atoms with Crippen LogP contribution in [0.15, 0.2) is 48.5 Å². The van der Waals surface area contributed by atoms with E-state index in [1.165, 1.54) is 18.2 Å². The first-order valence-electron chi connectivity index (χ1n) is 9.76. The number of benzene rings is 2. The van der Waals surface area contributed by atoms with Crippen LogP contribution in [0.4, 0.5) is 16.2 Å². The average molecular weight is 380 g/mol. The van der Waals surface area contributed by atoms with E-state index in [9.17, 15) is 9.59 Å². The van der Waals surface area contributed by atoms with Crippen molar-refractivity contribution in [1.82, 2.24) is 4.90 Å². The van der Waals surface area contributed by atoms with E-state index in [0.29, 0.717) is 24.3 Å². The Bertz CT molecular complexity index is 828. The van der Waals surface area contributed by atoms with Gasteiger partial charge < -0.3 is 15.1 Å². The van der Waals surface area contributed by atoms with Crippen molar-refractivity contribution >= 4 is 23.2 Å². The first-order valence-corrected chi connectivity index (χ1v) is 9.76. The molecule has 148 valence electrons. The van der Waals surface area contributed by atoms with E-state index >= 15 is 0 Å². The Hall–Kier alpha value is -2.82. The van der Waals surface area contributed by atoms with Crippen molar-refractivity contribution < 1.29 is 9.59 Å². The van der Waals surface area contributed by atoms with Crippen molar-refractivity contribution in [2.75, 3.05) is 36.4 Å². The standard InChI is InChI=1S/C23H29N3O2/c1-17(27)18-5-9-20(10-6-18)24-22(28)26-15-13-25(14-16-26)21-11-7-19(8-12-21)23(2,3)4/h5-12H,13-16H2,1-4H3,(H,24,28). The van der Waals surface area contributed by atoms with Crippen LogP contribution in [-0.2, 0) is 5.41 Å². The van der Waals surface area contributed by atoms with Gasteiger partial charge in [0.15, 0.2) is 5.78 Å². The summed E-state index contributed by atoms with van der Waals surface area (Å²) in [6, 6.07) is 15.6. The number of hydrogen-bond donors (Lipinski definition) is 1. The molecule has 5 heteroatoms. The number of ketones is 1. The third kappa shape index (κ3) is 4.71. The van der Waals surface area contributed by atoms with E-state index < -0.39 is 0 Å². The monoisotopic (exact) mass is 379 g/mol. The van der Waals surface area contributed by atoms with Gasteiger partial charge in [-0.2, -0.15) is 0 Å². The van der Waals surface area contributed by atoms with Gasteiger partial charge in [0.25, 0.3) is 0 Å². The second kappa shape index (κ2) is 8.05. The molecule has 0 radical (unpaired) electrons. The van der Waals surface area contributed by atoms with Gasteiger partial charge in [-0.1, -0.05) is 32.9 Å². The summed E-state index contributed by atoms with van der Waals surface area (Å²) in [5, 5.41) is 2.91. The molecule has 2 aromatic carbocycles. The first-order chi connectivity index (χ1) is 13.2. The number of hydrogen-bond acceptors (Lipinski definition) is 3. The molecule has 28 heavy (non-hydrogen) atoms. The lowest BCUT2D eigenvalue weighted by Gasteiger charge is -2.36. The highest BCUT2D eigenvalue weighted by Gasteiger charge is 2.22. The zero-order valence-corrected chi connectivity index (χ0v) is 17.2. The number of piperazine rings is 1. The molecule has 3 rings (SSSR count). The van der Waals surface area contributed by atoms with Crippen LogP contribution in [0.5, 0.6) is 0 Å². The lowest BCUT2D eigenvalue weighted by molar-refractivity contribution is 0.101. The van der Waals surface area contributed by atoms with Crippen LogP contribution in [0.3, 0.4) is 0 Å². The van der Waals surface area contributed by atoms with Crippen LogP contribution in [0.2, 0.25) is 0 Å². The number of nitrogens with zero attached hydrogens (tertiary/aromatic N) is 2. The molecular formula is C23H29N3O2. The molecule has 1 heterocycles. The van der Waals surface area contributed by atoms with Gasteiger partial charge in [-0.25, -0.2) is 4.79 Å². The number of carbonyl (C=O) groups is 2. The van der Waals surface area contributed by atoms with Crippen molar-refractivity contribution in [3.05, 3.63) is 59.7 Å². The SMILES string of the molecule is CC(=O)c1ccc(NC(=O)N2CCN(c3ccc(C(C)(C)C)cc3)CC2)cc1. The van der Waals surface area contributed by atoms with Crippen molar-refractivity contribution in [2.24, 2.45) is 0 Å². The van der Waals surface area contributed by atoms with Crippen LogP contribution < -0.4 is 10.2 Å². The van der Waals surface area contributed by atoms with Gasteiger partial charge in [-0.15, -0.1) is 0 Å². The molecule has 0 aromatic heterocycles. The molecule has 1 N–H and O–H groups in total. The fourth-order valence-electron chi connectivity index (χ4n) is 3.33. The number of Topliss-reactive ketones (excluding diaryl/α,β-unsaturated/α-hetero) is 1. The van der Waals surface area contributed by atoms with Crippen LogP contribution in [0.1, 0.15) is 43.6 Å². The lowest BCUT2D eigenvalue weighted by atomic mass is 9.87. The van der Waals surface area contributed by atoms with Gasteiger partial charge in [-0.05, 0) is 54.3 Å². The Balaban J connectivity index is 1.54. The minimum absolute atomic E-state index is 0.0181. The summed E-state index contributed by atoms with van der Waals surface area (Å²) in [6.07, 6.45) is 0. The summed E-state index contributed by atoms with van der Waals surface area (Å²) >= 11 is 0. The van der Waals surface area contributed by atoms with Crippen LogP contribution in [0, 0.1) is 0 Å². The summed E-state index contributed by atoms with van der Waals surface area (Å²) < 4.78 is 0. The number of urea groups is 1. The summed E-state index contributed by atoms with van der Waals surface area (Å²) in [7, 11) is 0. The number of anilines is 2. The van der Waals surface area contributed by atoms with E-state index in [1.807, 2.05) is 4.90 Å². The normalized spacial score (nSPS) is 14.7. The second-order valence-corrected chi connectivity index (χ2v) is 8.33. The fourth-order valence-corrected chi connectivity index (χ4v) is 3.33. The topological polar surface area (TPSA) is 52.7 Å². The van der Waals surface area contributed by atoms with Gasteiger partial charge in [0.2, 0.25) is 0 Å². The van der Waals surface area contributed by atoms with Crippen molar-refractivity contribution in [3.63, 3.8) is 0 Å². The molecule has 0 unspecified atom stereocenters. The Kier molecular flexibility index (Phi) is 5.73. The Morgan fingerprint density at radius 1 is 0.857 bits per heavy atom. The molecule has 0 saturated carbocycles. The molecular weight excluding hydrogens is 350 g/mol. The average Bonchev–Trinajstić information content (AvgIpc) is 2.68. The largest absolute Gasteiger partial charge is 0.368 e. The molecule has 1 aliphatic heterocycles. The van der Waals surface area contributed by atoms with E-state index in [2.05, 4.69) is 55.3 Å². The Morgan fingerprint density at radius 3 is 1.93 bits per heavy atom. The summed E-state index contributed by atoms with van der Waals surface area (Å²) in [5.74, 6) is 0.0181. The maximum atomic E-state index is 12.5. The van der Waals surface area contributed by atoms with Gasteiger partial charge in [0.05, 0.1) is 0 Å². The number of amides is 2. The highest BCUT2D eigenvalue weighted by atomic mass is 16.2. The maximum absolute atomic E-state index is 12.5. The zero-order chi connectivity index (χ0) is 20.3. The molecule has 2 aromatic rings. The van der Waals surface area contributed by atoms with E-state index in [-0.39, 0.29) is 17.2 Å². The third-order valence-electron chi connectivity index (χ3n) is 5.21. The second-order valence-electron chi connectivity index (χ2n) is 8.33. The van der Waals surface area contributed by atoms with Crippen molar-refractivity contribution in [1.29, 1.82) is 0 Å².